The lowest BCUT2D eigenvalue weighted by Gasteiger charge is -2.10. The standard InChI is InChI=1S/C35H68N4O10S6.C30H57N3O9S6.C5H11NO.CH4/c36-5-1-6-40-18-31-55-32-22-46-15-14-45-21-30-54-27-4-9-49-35-38-33(47-7-2-25-52-28-19-43-12-10-41-16-23-50)37-34(39-35)48-8-3-26-53-29-20-44-13-11-42-17-24-51;43-19-13-34-7-10-37-16-25-46-22-1-4-40-28-31-29(41-5-2-23-47-26-17-38-11-8-35-14-20-44)33-30(32-28)42-6-3-24-48-27-18-39-12-9-36-15-21-45;1-2-7-5-3-4-6;/h50-51H,1-32,36H2;43-45H,1-27H2;2H,1,3-6H2;1H4. The molecule has 0 aliphatic rings. The first-order chi connectivity index (χ1) is 54.5. The minimum Gasteiger partial charge on any atom is -0.502 e. The maximum atomic E-state index is 5.88. The van der Waals surface area contributed by atoms with Crippen LogP contribution < -0.4 is 39.9 Å². The van der Waals surface area contributed by atoms with E-state index < -0.39 is 0 Å². The van der Waals surface area contributed by atoms with Crippen molar-refractivity contribution in [3.05, 3.63) is 12.8 Å². The van der Waals surface area contributed by atoms with Crippen molar-refractivity contribution in [3.63, 3.8) is 0 Å². The van der Waals surface area contributed by atoms with Crippen LogP contribution in [0.25, 0.3) is 0 Å². The zero-order valence-corrected chi connectivity index (χ0v) is 75.4. The van der Waals surface area contributed by atoms with Crippen molar-refractivity contribution >= 4 is 145 Å². The van der Waals surface area contributed by atoms with Gasteiger partial charge in [0.25, 0.3) is 0 Å². The second kappa shape index (κ2) is 101. The molecule has 0 aliphatic carbocycles. The summed E-state index contributed by atoms with van der Waals surface area (Å²) < 4.78 is 111. The van der Waals surface area contributed by atoms with Crippen LogP contribution in [-0.4, -0.2) is 370 Å². The summed E-state index contributed by atoms with van der Waals surface area (Å²) in [5.41, 5.74) is 10.6. The fraction of sp³-hybridized carbons (Fsp3) is 0.887. The number of hydrogen-bond donors (Lipinski definition) is 7. The van der Waals surface area contributed by atoms with E-state index in [1.165, 1.54) is 6.26 Å². The lowest BCUT2D eigenvalue weighted by atomic mass is 10.5. The molecule has 2 aromatic rings. The first kappa shape index (κ1) is 113. The minimum atomic E-state index is 0. The molecule has 0 bridgehead atoms. The zero-order valence-electron chi connectivity index (χ0n) is 65.2. The van der Waals surface area contributed by atoms with Gasteiger partial charge in [-0.15, -0.1) is 29.9 Å². The van der Waals surface area contributed by atoms with Gasteiger partial charge in [-0.3, -0.25) is 0 Å². The molecule has 656 valence electrons. The fourth-order valence-electron chi connectivity index (χ4n) is 7.42. The summed E-state index contributed by atoms with van der Waals surface area (Å²) >= 11 is 33.3. The number of ether oxygens (including phenoxy) is 20. The number of hydrogen-bond acceptors (Lipinski definition) is 40. The van der Waals surface area contributed by atoms with Gasteiger partial charge in [0.1, 0.15) is 0 Å². The summed E-state index contributed by atoms with van der Waals surface area (Å²) in [5, 5.41) is 0. The van der Waals surface area contributed by atoms with Crippen molar-refractivity contribution in [2.75, 3.05) is 340 Å². The highest BCUT2D eigenvalue weighted by molar-refractivity contribution is 8.00. The van der Waals surface area contributed by atoms with E-state index in [1.54, 1.807) is 0 Å². The van der Waals surface area contributed by atoms with Crippen molar-refractivity contribution < 1.29 is 94.7 Å². The predicted octanol–water partition coefficient (Wildman–Crippen LogP) is 9.83. The summed E-state index contributed by atoms with van der Waals surface area (Å²) in [7, 11) is 0. The van der Waals surface area contributed by atoms with E-state index in [1.807, 2.05) is 82.3 Å². The molecule has 2 heterocycles. The summed E-state index contributed by atoms with van der Waals surface area (Å²) in [6.45, 7) is 25.2. The maximum absolute atomic E-state index is 5.88. The molecule has 0 saturated carbocycles. The summed E-state index contributed by atoms with van der Waals surface area (Å²) in [5.74, 6) is 16.7. The van der Waals surface area contributed by atoms with Gasteiger partial charge in [0.05, 0.1) is 218 Å². The molecule has 40 heteroatoms. The Bertz CT molecular complexity index is 1990. The lowest BCUT2D eigenvalue weighted by molar-refractivity contribution is 0.0604. The summed E-state index contributed by atoms with van der Waals surface area (Å²) in [4.78, 5) is 26.2. The normalized spacial score (nSPS) is 11.1. The van der Waals surface area contributed by atoms with Crippen LogP contribution in [-0.2, 0) is 66.3 Å². The highest BCUT2D eigenvalue weighted by Crippen LogP contribution is 2.19. The van der Waals surface area contributed by atoms with Gasteiger partial charge in [-0.1, -0.05) is 14.0 Å². The Labute approximate surface area is 723 Å². The Morgan fingerprint density at radius 3 is 0.577 bits per heavy atom. The van der Waals surface area contributed by atoms with Crippen molar-refractivity contribution in [2.24, 2.45) is 11.5 Å². The van der Waals surface area contributed by atoms with E-state index in [-0.39, 0.29) is 43.5 Å². The fourth-order valence-corrected chi connectivity index (χ4v) is 13.3. The van der Waals surface area contributed by atoms with Gasteiger partial charge in [-0.25, -0.2) is 0 Å². The van der Waals surface area contributed by atoms with Crippen molar-refractivity contribution in [1.29, 1.82) is 0 Å². The van der Waals surface area contributed by atoms with E-state index in [0.29, 0.717) is 211 Å². The third-order valence-electron chi connectivity index (χ3n) is 12.6. The van der Waals surface area contributed by atoms with Crippen LogP contribution in [0.5, 0.6) is 36.1 Å². The number of aromatic nitrogens is 6. The van der Waals surface area contributed by atoms with Crippen LogP contribution in [0, 0.1) is 0 Å². The maximum Gasteiger partial charge on any atom is 0.325 e. The molecular formula is C71H140N8O20S12. The van der Waals surface area contributed by atoms with Gasteiger partial charge in [0, 0.05) is 81.4 Å². The predicted molar refractivity (Wildman–Crippen MR) is 482 cm³/mol. The molecule has 2 rings (SSSR count). The van der Waals surface area contributed by atoms with Crippen molar-refractivity contribution in [1.82, 2.24) is 29.9 Å². The van der Waals surface area contributed by atoms with Crippen LogP contribution in [0.15, 0.2) is 12.8 Å². The Kier molecular flexibility index (Phi) is 102. The molecule has 2 aromatic heterocycles. The molecule has 111 heavy (non-hydrogen) atoms. The van der Waals surface area contributed by atoms with E-state index in [4.69, 9.17) is 106 Å². The number of thioether (sulfide) groups is 7. The molecule has 0 saturated heterocycles. The second-order valence-electron chi connectivity index (χ2n) is 21.8. The van der Waals surface area contributed by atoms with Gasteiger partial charge in [0.15, 0.2) is 0 Å². The smallest absolute Gasteiger partial charge is 0.325 e. The molecular weight excluding hydrogens is 1670 g/mol. The highest BCUT2D eigenvalue weighted by atomic mass is 32.2. The molecule has 0 atom stereocenters. The molecule has 28 nitrogen and oxygen atoms in total. The van der Waals surface area contributed by atoms with E-state index in [9.17, 15) is 0 Å². The molecule has 0 fully saturated rings. The number of rotatable bonds is 89. The van der Waals surface area contributed by atoms with Crippen molar-refractivity contribution in [2.45, 2.75) is 58.8 Å². The Hall–Kier alpha value is -0.0400. The first-order valence-corrected chi connectivity index (χ1v) is 49.3. The highest BCUT2D eigenvalue weighted by Gasteiger charge is 2.13. The molecule has 0 radical (unpaired) electrons. The molecule has 0 amide bonds. The lowest BCUT2D eigenvalue weighted by Crippen LogP contribution is -2.11. The second-order valence-corrected chi connectivity index (χ2v) is 32.6. The Balaban J connectivity index is 0. The third kappa shape index (κ3) is 90.6. The third-order valence-corrected chi connectivity index (χ3v) is 20.6. The average Bonchev–Trinajstić information content (AvgIpc) is 0.877. The Morgan fingerprint density at radius 2 is 0.396 bits per heavy atom. The molecule has 0 unspecified atom stereocenters. The molecule has 0 aliphatic heterocycles. The van der Waals surface area contributed by atoms with E-state index in [0.717, 1.165) is 180 Å². The number of thiol groups is 5. The van der Waals surface area contributed by atoms with Gasteiger partial charge < -0.3 is 106 Å². The van der Waals surface area contributed by atoms with Crippen LogP contribution in [0.4, 0.5) is 0 Å². The first-order valence-electron chi connectivity index (χ1n) is 38.0. The molecule has 4 N–H and O–H groups in total. The monoisotopic (exact) mass is 1810 g/mol. The van der Waals surface area contributed by atoms with E-state index in [2.05, 4.69) is 99.6 Å². The van der Waals surface area contributed by atoms with Crippen molar-refractivity contribution in [3.8, 4) is 36.1 Å². The largest absolute Gasteiger partial charge is 0.502 e. The molecule has 0 spiro atoms. The topological polar surface area (TPSA) is 314 Å². The Morgan fingerprint density at radius 1 is 0.225 bits per heavy atom. The molecule has 0 aromatic carbocycles. The van der Waals surface area contributed by atoms with Gasteiger partial charge in [-0.05, 0) is 99.0 Å². The summed E-state index contributed by atoms with van der Waals surface area (Å²) in [6, 6.07) is 1.24. The summed E-state index contributed by atoms with van der Waals surface area (Å²) in [6.07, 6.45) is 8.33. The zero-order chi connectivity index (χ0) is 79.3. The minimum absolute atomic E-state index is 0. The number of nitrogens with two attached hydrogens (primary N) is 2. The number of nitrogens with zero attached hydrogens (tertiary/aromatic N) is 6. The van der Waals surface area contributed by atoms with Crippen LogP contribution in [0.3, 0.4) is 0 Å². The van der Waals surface area contributed by atoms with Gasteiger partial charge in [-0.2, -0.15) is 145 Å². The van der Waals surface area contributed by atoms with Gasteiger partial charge in [0.2, 0.25) is 0 Å². The average molecular weight is 1810 g/mol. The SMILES string of the molecule is C.C=COCCCN.NCCCOCCSCCOCCOCCSCCCOc1nc(OCCCSCCOCCOCCS)nc(OCCCSCCOCCOCCS)n1.SCCOCCOCCSCCCOc1nc(OCCCSCCOCCOCCS)nc(OCCCSCCOCCOCCS)n1. The van der Waals surface area contributed by atoms with E-state index >= 15 is 0 Å². The van der Waals surface area contributed by atoms with Crippen LogP contribution >= 0.6 is 145 Å². The van der Waals surface area contributed by atoms with Crippen LogP contribution in [0.2, 0.25) is 0 Å². The van der Waals surface area contributed by atoms with Gasteiger partial charge >= 0.3 is 36.1 Å². The van der Waals surface area contributed by atoms with Crippen LogP contribution in [0.1, 0.15) is 58.8 Å². The quantitative estimate of drug-likeness (QED) is 0.0184.